The van der Waals surface area contributed by atoms with Gasteiger partial charge in [-0.05, 0) is 12.8 Å². The highest BCUT2D eigenvalue weighted by Gasteiger charge is 2.41. The molecule has 0 bridgehead atoms. The van der Waals surface area contributed by atoms with Crippen LogP contribution in [0.5, 0.6) is 0 Å². The summed E-state index contributed by atoms with van der Waals surface area (Å²) in [5.41, 5.74) is 5.86. The van der Waals surface area contributed by atoms with Crippen LogP contribution in [0.2, 0.25) is 0 Å². The van der Waals surface area contributed by atoms with Crippen LogP contribution in [0.15, 0.2) is 0 Å². The number of nitrogens with two attached hydrogens (primary N) is 1. The zero-order chi connectivity index (χ0) is 6.27. The summed E-state index contributed by atoms with van der Waals surface area (Å²) >= 11 is 0. The Balaban J connectivity index is 1.96. The van der Waals surface area contributed by atoms with Crippen molar-refractivity contribution in [1.29, 1.82) is 0 Å². The van der Waals surface area contributed by atoms with Gasteiger partial charge in [-0.2, -0.15) is 0 Å². The molecule has 2 rings (SSSR count). The second-order valence-electron chi connectivity index (χ2n) is 3.25. The molecule has 0 aromatic heterocycles. The van der Waals surface area contributed by atoms with Gasteiger partial charge in [0.2, 0.25) is 0 Å². The number of hydrogen-bond acceptors (Lipinski definition) is 2. The van der Waals surface area contributed by atoms with E-state index in [0.29, 0.717) is 12.1 Å². The lowest BCUT2D eigenvalue weighted by atomic mass is 10.1. The molecule has 3 atom stereocenters. The average molecular weight is 126 g/mol. The molecule has 0 radical (unpaired) electrons. The average Bonchev–Trinajstić information content (AvgIpc) is 2.55. The molecule has 2 heteroatoms. The van der Waals surface area contributed by atoms with E-state index in [9.17, 15) is 0 Å². The van der Waals surface area contributed by atoms with E-state index in [-0.39, 0.29) is 0 Å². The van der Waals surface area contributed by atoms with E-state index in [1.165, 1.54) is 25.7 Å². The highest BCUT2D eigenvalue weighted by molar-refractivity contribution is 5.05. The molecule has 3 unspecified atom stereocenters. The summed E-state index contributed by atoms with van der Waals surface area (Å²) in [6.45, 7) is 0. The van der Waals surface area contributed by atoms with Crippen LogP contribution in [-0.2, 0) is 0 Å². The van der Waals surface area contributed by atoms with Gasteiger partial charge < -0.3 is 11.1 Å². The second kappa shape index (κ2) is 1.96. The van der Waals surface area contributed by atoms with Crippen molar-refractivity contribution in [3.63, 3.8) is 0 Å². The third-order valence-electron chi connectivity index (χ3n) is 2.49. The molecule has 2 aliphatic rings. The summed E-state index contributed by atoms with van der Waals surface area (Å²) in [6.07, 6.45) is 5.31. The maximum absolute atomic E-state index is 5.86. The fourth-order valence-electron chi connectivity index (χ4n) is 1.80. The van der Waals surface area contributed by atoms with Crippen LogP contribution in [0.25, 0.3) is 0 Å². The van der Waals surface area contributed by atoms with Crippen molar-refractivity contribution >= 4 is 0 Å². The lowest BCUT2D eigenvalue weighted by molar-refractivity contribution is 0.577. The molecule has 0 aromatic rings. The summed E-state index contributed by atoms with van der Waals surface area (Å²) in [6, 6.07) is 1.94. The van der Waals surface area contributed by atoms with Gasteiger partial charge in [0.05, 0.1) is 0 Å². The Morgan fingerprint density at radius 2 is 2.00 bits per heavy atom. The highest BCUT2D eigenvalue weighted by atomic mass is 15.2. The second-order valence-corrected chi connectivity index (χ2v) is 3.25. The van der Waals surface area contributed by atoms with Crippen molar-refractivity contribution in [3.8, 4) is 0 Å². The maximum Gasteiger partial charge on any atom is 0.0376 e. The van der Waals surface area contributed by atoms with E-state index in [4.69, 9.17) is 5.73 Å². The lowest BCUT2D eigenvalue weighted by Crippen LogP contribution is -2.27. The van der Waals surface area contributed by atoms with Gasteiger partial charge in [-0.3, -0.25) is 0 Å². The quantitative estimate of drug-likeness (QED) is 0.456. The Labute approximate surface area is 55.8 Å². The van der Waals surface area contributed by atoms with E-state index in [1.54, 1.807) is 0 Å². The van der Waals surface area contributed by atoms with E-state index < -0.39 is 0 Å². The molecule has 52 valence electrons. The van der Waals surface area contributed by atoms with Crippen LogP contribution >= 0.6 is 0 Å². The Kier molecular flexibility index (Phi) is 1.24. The topological polar surface area (TPSA) is 48.0 Å². The molecule has 1 aliphatic heterocycles. The molecule has 3 N–H and O–H groups in total. The van der Waals surface area contributed by atoms with Crippen molar-refractivity contribution in [3.05, 3.63) is 0 Å². The summed E-state index contributed by atoms with van der Waals surface area (Å²) in [5, 5.41) is 3.40. The first kappa shape index (κ1) is 5.69. The van der Waals surface area contributed by atoms with Gasteiger partial charge in [0.1, 0.15) is 0 Å². The zero-order valence-corrected chi connectivity index (χ0v) is 5.64. The van der Waals surface area contributed by atoms with Gasteiger partial charge in [-0.15, -0.1) is 0 Å². The molecule has 2 nitrogen and oxygen atoms in total. The Morgan fingerprint density at radius 3 is 2.89 bits per heavy atom. The molecule has 2 fully saturated rings. The molecular weight excluding hydrogens is 112 g/mol. The van der Waals surface area contributed by atoms with Crippen molar-refractivity contribution in [2.45, 2.75) is 43.8 Å². The summed E-state index contributed by atoms with van der Waals surface area (Å²) in [5.74, 6) is 0. The van der Waals surface area contributed by atoms with E-state index >= 15 is 0 Å². The lowest BCUT2D eigenvalue weighted by Gasteiger charge is -2.04. The minimum atomic E-state index is 0.456. The zero-order valence-electron chi connectivity index (χ0n) is 5.64. The first-order valence-electron chi connectivity index (χ1n) is 3.89. The minimum absolute atomic E-state index is 0.456. The number of fused-ring (bicyclic) bond motifs is 1. The molecule has 9 heavy (non-hydrogen) atoms. The fourth-order valence-corrected chi connectivity index (χ4v) is 1.80. The minimum Gasteiger partial charge on any atom is -0.326 e. The number of nitrogens with one attached hydrogen (secondary N) is 1. The van der Waals surface area contributed by atoms with E-state index in [1.807, 2.05) is 0 Å². The van der Waals surface area contributed by atoms with Gasteiger partial charge >= 0.3 is 0 Å². The fraction of sp³-hybridized carbons (Fsp3) is 1.00. The van der Waals surface area contributed by atoms with Crippen LogP contribution in [0.4, 0.5) is 0 Å². The molecule has 1 aliphatic carbocycles. The van der Waals surface area contributed by atoms with Gasteiger partial charge in [-0.1, -0.05) is 12.8 Å². The third-order valence-corrected chi connectivity index (χ3v) is 2.49. The molecular formula is C7H14N2. The summed E-state index contributed by atoms with van der Waals surface area (Å²) in [7, 11) is 0. The molecule has 0 aromatic carbocycles. The largest absolute Gasteiger partial charge is 0.326 e. The predicted octanol–water partition coefficient (Wildman–Crippen LogP) is 0.228. The van der Waals surface area contributed by atoms with Crippen LogP contribution in [0.3, 0.4) is 0 Å². The van der Waals surface area contributed by atoms with Crippen molar-refractivity contribution in [1.82, 2.24) is 5.32 Å². The molecule has 1 saturated carbocycles. The van der Waals surface area contributed by atoms with E-state index in [0.717, 1.165) is 6.04 Å². The maximum atomic E-state index is 5.86. The standard InChI is InChI=1S/C7H14N2/c8-5-3-1-2-4-6-7(5)9-6/h5-7,9H,1-4,8H2. The monoisotopic (exact) mass is 126 g/mol. The number of rotatable bonds is 0. The Bertz CT molecular complexity index is 113. The SMILES string of the molecule is NC1CCCCC2NC12. The van der Waals surface area contributed by atoms with Gasteiger partial charge in [0.25, 0.3) is 0 Å². The molecule has 0 amide bonds. The van der Waals surface area contributed by atoms with Crippen LogP contribution in [-0.4, -0.2) is 18.1 Å². The Hall–Kier alpha value is -0.0800. The molecule has 0 spiro atoms. The van der Waals surface area contributed by atoms with Gasteiger partial charge in [0, 0.05) is 18.1 Å². The van der Waals surface area contributed by atoms with E-state index in [2.05, 4.69) is 5.32 Å². The third kappa shape index (κ3) is 0.970. The predicted molar refractivity (Wildman–Crippen MR) is 37.2 cm³/mol. The molecule has 1 saturated heterocycles. The first-order chi connectivity index (χ1) is 4.38. The van der Waals surface area contributed by atoms with Gasteiger partial charge in [-0.25, -0.2) is 0 Å². The van der Waals surface area contributed by atoms with Crippen molar-refractivity contribution in [2.24, 2.45) is 5.73 Å². The van der Waals surface area contributed by atoms with Crippen molar-refractivity contribution < 1.29 is 0 Å². The van der Waals surface area contributed by atoms with Crippen LogP contribution in [0, 0.1) is 0 Å². The Morgan fingerprint density at radius 1 is 1.22 bits per heavy atom. The van der Waals surface area contributed by atoms with Crippen LogP contribution < -0.4 is 11.1 Å². The smallest absolute Gasteiger partial charge is 0.0376 e. The van der Waals surface area contributed by atoms with Crippen LogP contribution in [0.1, 0.15) is 25.7 Å². The van der Waals surface area contributed by atoms with Crippen molar-refractivity contribution in [2.75, 3.05) is 0 Å². The highest BCUT2D eigenvalue weighted by Crippen LogP contribution is 2.26. The van der Waals surface area contributed by atoms with Gasteiger partial charge in [0.15, 0.2) is 0 Å². The summed E-state index contributed by atoms with van der Waals surface area (Å²) < 4.78 is 0. The number of hydrogen-bond donors (Lipinski definition) is 2. The first-order valence-corrected chi connectivity index (χ1v) is 3.89. The molecule has 1 heterocycles. The normalized spacial score (nSPS) is 49.7. The summed E-state index contributed by atoms with van der Waals surface area (Å²) in [4.78, 5) is 0.